The van der Waals surface area contributed by atoms with Crippen molar-refractivity contribution in [1.82, 2.24) is 4.98 Å². The van der Waals surface area contributed by atoms with Crippen molar-refractivity contribution in [3.8, 4) is 0 Å². The van der Waals surface area contributed by atoms with Crippen LogP contribution in [-0.2, 0) is 0 Å². The number of nitrogens with one attached hydrogen (secondary N) is 1. The van der Waals surface area contributed by atoms with E-state index in [4.69, 9.17) is 0 Å². The molecule has 0 fully saturated rings. The molecule has 20 heavy (non-hydrogen) atoms. The summed E-state index contributed by atoms with van der Waals surface area (Å²) in [6.45, 7) is 1.60. The molecule has 2 nitrogen and oxygen atoms in total. The molecular weight excluding hydrogens is 334 g/mol. The van der Waals surface area contributed by atoms with Gasteiger partial charge in [-0.3, -0.25) is 4.79 Å². The van der Waals surface area contributed by atoms with Gasteiger partial charge in [0.25, 0.3) is 0 Å². The normalized spacial score (nSPS) is 10.9. The van der Waals surface area contributed by atoms with Crippen LogP contribution in [0.1, 0.15) is 17.3 Å². The number of carbonyl (C=O) groups is 1. The maximum Gasteiger partial charge on any atom is 0.160 e. The molecule has 0 aliphatic carbocycles. The van der Waals surface area contributed by atoms with E-state index in [-0.39, 0.29) is 5.78 Å². The summed E-state index contributed by atoms with van der Waals surface area (Å²) in [4.78, 5) is 16.0. The fourth-order valence-corrected chi connectivity index (χ4v) is 3.70. The fourth-order valence-electron chi connectivity index (χ4n) is 2.09. The van der Waals surface area contributed by atoms with Crippen molar-refractivity contribution >= 4 is 44.4 Å². The molecule has 0 saturated carbocycles. The van der Waals surface area contributed by atoms with Crippen LogP contribution in [0.5, 0.6) is 0 Å². The van der Waals surface area contributed by atoms with E-state index in [1.165, 1.54) is 5.39 Å². The molecule has 1 aromatic heterocycles. The minimum absolute atomic E-state index is 0.0797. The number of aromatic nitrogens is 1. The van der Waals surface area contributed by atoms with E-state index in [9.17, 15) is 4.79 Å². The molecule has 4 heteroatoms. The van der Waals surface area contributed by atoms with Crippen LogP contribution >= 0.6 is 27.7 Å². The smallest absolute Gasteiger partial charge is 0.160 e. The Labute approximate surface area is 129 Å². The average molecular weight is 346 g/mol. The highest BCUT2D eigenvalue weighted by Crippen LogP contribution is 2.34. The number of hydrogen-bond acceptors (Lipinski definition) is 2. The lowest BCUT2D eigenvalue weighted by molar-refractivity contribution is 0.101. The first-order chi connectivity index (χ1) is 9.63. The quantitative estimate of drug-likeness (QED) is 0.654. The molecule has 0 spiro atoms. The van der Waals surface area contributed by atoms with E-state index in [0.717, 1.165) is 25.5 Å². The first-order valence-corrected chi connectivity index (χ1v) is 7.80. The molecule has 0 radical (unpaired) electrons. The van der Waals surface area contributed by atoms with Crippen LogP contribution in [0.2, 0.25) is 0 Å². The van der Waals surface area contributed by atoms with Crippen LogP contribution in [-0.4, -0.2) is 10.8 Å². The molecule has 3 aromatic rings. The second kappa shape index (κ2) is 5.46. The highest BCUT2D eigenvalue weighted by Gasteiger charge is 2.10. The van der Waals surface area contributed by atoms with Crippen LogP contribution < -0.4 is 0 Å². The summed E-state index contributed by atoms with van der Waals surface area (Å²) in [6.07, 6.45) is 0. The van der Waals surface area contributed by atoms with Gasteiger partial charge in [0.05, 0.1) is 5.03 Å². The van der Waals surface area contributed by atoms with Crippen molar-refractivity contribution in [2.75, 3.05) is 0 Å². The molecule has 0 amide bonds. The van der Waals surface area contributed by atoms with Crippen LogP contribution in [0, 0.1) is 0 Å². The van der Waals surface area contributed by atoms with Crippen molar-refractivity contribution in [2.24, 2.45) is 0 Å². The maximum absolute atomic E-state index is 11.7. The Bertz CT molecular complexity index is 761. The average Bonchev–Trinajstić information content (AvgIpc) is 2.80. The number of ketones is 1. The number of aromatic amines is 1. The summed E-state index contributed by atoms with van der Waals surface area (Å²) in [5.41, 5.74) is 1.85. The van der Waals surface area contributed by atoms with Gasteiger partial charge in [0.2, 0.25) is 0 Å². The number of para-hydroxylation sites is 1. The summed E-state index contributed by atoms with van der Waals surface area (Å²) >= 11 is 5.03. The largest absolute Gasteiger partial charge is 0.349 e. The van der Waals surface area contributed by atoms with Gasteiger partial charge < -0.3 is 4.98 Å². The summed E-state index contributed by atoms with van der Waals surface area (Å²) < 4.78 is 0.973. The molecule has 0 aliphatic rings. The SMILES string of the molecule is CC(=O)c1ccc(Br)cc1Sc1cc2ccccc2[nH]1. The topological polar surface area (TPSA) is 32.9 Å². The van der Waals surface area contributed by atoms with Crippen LogP contribution in [0.3, 0.4) is 0 Å². The Balaban J connectivity index is 2.01. The van der Waals surface area contributed by atoms with Crippen molar-refractivity contribution in [3.63, 3.8) is 0 Å². The Kier molecular flexibility index (Phi) is 3.68. The van der Waals surface area contributed by atoms with Gasteiger partial charge >= 0.3 is 0 Å². The van der Waals surface area contributed by atoms with E-state index in [2.05, 4.69) is 33.0 Å². The lowest BCUT2D eigenvalue weighted by Crippen LogP contribution is -1.94. The minimum atomic E-state index is 0.0797. The minimum Gasteiger partial charge on any atom is -0.349 e. The molecule has 0 unspecified atom stereocenters. The number of hydrogen-bond donors (Lipinski definition) is 1. The zero-order valence-corrected chi connectivity index (χ0v) is 13.2. The molecule has 2 aromatic carbocycles. The van der Waals surface area contributed by atoms with Gasteiger partial charge in [0.1, 0.15) is 0 Å². The third-order valence-electron chi connectivity index (χ3n) is 3.05. The fraction of sp³-hybridized carbons (Fsp3) is 0.0625. The van der Waals surface area contributed by atoms with Gasteiger partial charge in [0.15, 0.2) is 5.78 Å². The number of fused-ring (bicyclic) bond motifs is 1. The van der Waals surface area contributed by atoms with Gasteiger partial charge in [0, 0.05) is 25.8 Å². The molecule has 1 N–H and O–H groups in total. The molecule has 1 heterocycles. The number of carbonyl (C=O) groups excluding carboxylic acids is 1. The maximum atomic E-state index is 11.7. The molecule has 0 aliphatic heterocycles. The molecular formula is C16H12BrNOS. The van der Waals surface area contributed by atoms with Crippen molar-refractivity contribution in [3.05, 3.63) is 58.6 Å². The second-order valence-electron chi connectivity index (χ2n) is 4.52. The third-order valence-corrected chi connectivity index (χ3v) is 4.54. The van der Waals surface area contributed by atoms with Gasteiger partial charge in [-0.25, -0.2) is 0 Å². The summed E-state index contributed by atoms with van der Waals surface area (Å²) in [7, 11) is 0. The van der Waals surface area contributed by atoms with Crippen LogP contribution in [0.4, 0.5) is 0 Å². The lowest BCUT2D eigenvalue weighted by Gasteiger charge is -2.05. The number of rotatable bonds is 3. The highest BCUT2D eigenvalue weighted by molar-refractivity contribution is 9.10. The van der Waals surface area contributed by atoms with Crippen molar-refractivity contribution in [2.45, 2.75) is 16.8 Å². The summed E-state index contributed by atoms with van der Waals surface area (Å²) in [5.74, 6) is 0.0797. The first-order valence-electron chi connectivity index (χ1n) is 6.19. The lowest BCUT2D eigenvalue weighted by atomic mass is 10.1. The van der Waals surface area contributed by atoms with Gasteiger partial charge in [-0.1, -0.05) is 45.9 Å². The Morgan fingerprint density at radius 1 is 1.15 bits per heavy atom. The van der Waals surface area contributed by atoms with Gasteiger partial charge in [-0.05, 0) is 37.3 Å². The Hall–Kier alpha value is -1.52. The zero-order valence-electron chi connectivity index (χ0n) is 10.8. The zero-order chi connectivity index (χ0) is 14.1. The predicted molar refractivity (Wildman–Crippen MR) is 86.6 cm³/mol. The summed E-state index contributed by atoms with van der Waals surface area (Å²) in [5, 5.41) is 2.21. The van der Waals surface area contributed by atoms with Crippen molar-refractivity contribution < 1.29 is 4.79 Å². The molecule has 0 bridgehead atoms. The van der Waals surface area contributed by atoms with E-state index in [1.807, 2.05) is 36.4 Å². The monoisotopic (exact) mass is 345 g/mol. The van der Waals surface area contributed by atoms with Crippen LogP contribution in [0.25, 0.3) is 10.9 Å². The van der Waals surface area contributed by atoms with Crippen LogP contribution in [0.15, 0.2) is 62.9 Å². The Morgan fingerprint density at radius 2 is 1.95 bits per heavy atom. The molecule has 0 atom stereocenters. The second-order valence-corrected chi connectivity index (χ2v) is 6.52. The van der Waals surface area contributed by atoms with E-state index in [0.29, 0.717) is 0 Å². The van der Waals surface area contributed by atoms with Gasteiger partial charge in [-0.15, -0.1) is 0 Å². The summed E-state index contributed by atoms with van der Waals surface area (Å²) in [6, 6.07) is 16.0. The van der Waals surface area contributed by atoms with E-state index >= 15 is 0 Å². The van der Waals surface area contributed by atoms with E-state index in [1.54, 1.807) is 18.7 Å². The predicted octanol–water partition coefficient (Wildman–Crippen LogP) is 5.28. The standard InChI is InChI=1S/C16H12BrNOS/c1-10(19)13-7-6-12(17)9-15(13)20-16-8-11-4-2-3-5-14(11)18-16/h2-9,18H,1H3. The number of Topliss-reactive ketones (excluding diaryl/α,β-unsaturated/α-hetero) is 1. The van der Waals surface area contributed by atoms with Crippen molar-refractivity contribution in [1.29, 1.82) is 0 Å². The number of benzene rings is 2. The molecule has 100 valence electrons. The molecule has 3 rings (SSSR count). The third kappa shape index (κ3) is 2.67. The highest BCUT2D eigenvalue weighted by atomic mass is 79.9. The number of halogens is 1. The number of H-pyrrole nitrogens is 1. The molecule has 0 saturated heterocycles. The Morgan fingerprint density at radius 3 is 2.70 bits per heavy atom. The first kappa shape index (κ1) is 13.5. The van der Waals surface area contributed by atoms with E-state index < -0.39 is 0 Å². The van der Waals surface area contributed by atoms with Gasteiger partial charge in [-0.2, -0.15) is 0 Å².